The van der Waals surface area contributed by atoms with E-state index in [1.54, 1.807) is 94.1 Å². The van der Waals surface area contributed by atoms with E-state index in [4.69, 9.17) is 0 Å². The molecular weight excluding hydrogens is 1300 g/mol. The molecule has 15 nitrogen and oxygen atoms in total. The number of alkyl halides is 6. The fraction of sp³-hybridized carbons (Fsp3) is 0.0247. The zero-order valence-electron chi connectivity index (χ0n) is 51.7. The molecule has 13 aromatic rings. The van der Waals surface area contributed by atoms with Crippen molar-refractivity contribution < 1.29 is 26.3 Å². The maximum absolute atomic E-state index is 14.8. The number of nitriles is 13. The Morgan fingerprint density at radius 1 is 0.235 bits per heavy atom. The molecular formula is C81H29F6N15. The molecule has 2 aromatic heterocycles. The van der Waals surface area contributed by atoms with Crippen LogP contribution in [0.15, 0.2) is 176 Å². The zero-order valence-corrected chi connectivity index (χ0v) is 51.7. The smallest absolute Gasteiger partial charge is 0.309 e. The largest absolute Gasteiger partial charge is 0.416 e. The minimum atomic E-state index is -5.28. The van der Waals surface area contributed by atoms with Crippen molar-refractivity contribution in [2.75, 3.05) is 0 Å². The monoisotopic (exact) mass is 1330 g/mol. The predicted octanol–water partition coefficient (Wildman–Crippen LogP) is 18.3. The summed E-state index contributed by atoms with van der Waals surface area (Å²) >= 11 is 0. The second kappa shape index (κ2) is 24.9. The van der Waals surface area contributed by atoms with E-state index in [0.717, 1.165) is 0 Å². The quantitative estimate of drug-likeness (QED) is 0.128. The highest BCUT2D eigenvalue weighted by atomic mass is 19.4. The van der Waals surface area contributed by atoms with E-state index < -0.39 is 29.0 Å². The zero-order chi connectivity index (χ0) is 72.2. The van der Waals surface area contributed by atoms with E-state index >= 15 is 0 Å². The summed E-state index contributed by atoms with van der Waals surface area (Å²) in [5.74, 6) is 0. The number of halogens is 6. The van der Waals surface area contributed by atoms with Gasteiger partial charge < -0.3 is 9.13 Å². The minimum absolute atomic E-state index is 0.00709. The van der Waals surface area contributed by atoms with Gasteiger partial charge >= 0.3 is 12.4 Å². The van der Waals surface area contributed by atoms with Crippen molar-refractivity contribution in [3.05, 3.63) is 259 Å². The molecule has 470 valence electrons. The molecule has 0 bridgehead atoms. The molecule has 0 aliphatic rings. The summed E-state index contributed by atoms with van der Waals surface area (Å²) in [7, 11) is 0. The average molecular weight is 1330 g/mol. The molecule has 0 saturated heterocycles. The maximum atomic E-state index is 14.8. The molecule has 11 aromatic carbocycles. The van der Waals surface area contributed by atoms with Gasteiger partial charge in [0.25, 0.3) is 0 Å². The van der Waals surface area contributed by atoms with Crippen molar-refractivity contribution in [3.8, 4) is 157 Å². The van der Waals surface area contributed by atoms with Crippen molar-refractivity contribution in [1.82, 2.24) is 9.13 Å². The Bertz CT molecular complexity index is 6130. The van der Waals surface area contributed by atoms with Crippen LogP contribution in [0.4, 0.5) is 26.3 Å². The number of hydrogen-bond donors (Lipinski definition) is 0. The molecule has 2 heterocycles. The Hall–Kier alpha value is -16.0. The van der Waals surface area contributed by atoms with Crippen LogP contribution in [-0.4, -0.2) is 9.13 Å². The first-order valence-corrected chi connectivity index (χ1v) is 29.9. The first kappa shape index (κ1) is 64.7. The third-order valence-electron chi connectivity index (χ3n) is 17.5. The fourth-order valence-electron chi connectivity index (χ4n) is 13.2. The normalized spacial score (nSPS) is 10.9. The van der Waals surface area contributed by atoms with E-state index in [1.165, 1.54) is 72.8 Å². The van der Waals surface area contributed by atoms with Crippen LogP contribution in [0.2, 0.25) is 0 Å². The van der Waals surface area contributed by atoms with Gasteiger partial charge in [-0.1, -0.05) is 30.3 Å². The number of fused-ring (bicyclic) bond motifs is 6. The maximum Gasteiger partial charge on any atom is 0.416 e. The van der Waals surface area contributed by atoms with Crippen LogP contribution in [0.3, 0.4) is 0 Å². The second-order valence-corrected chi connectivity index (χ2v) is 23.1. The Morgan fingerprint density at radius 3 is 0.814 bits per heavy atom. The molecule has 0 spiro atoms. The summed E-state index contributed by atoms with van der Waals surface area (Å²) in [6.45, 7) is 0. The Labute approximate surface area is 573 Å². The summed E-state index contributed by atoms with van der Waals surface area (Å²) in [4.78, 5) is 0. The van der Waals surface area contributed by atoms with Gasteiger partial charge in [-0.15, -0.1) is 0 Å². The van der Waals surface area contributed by atoms with E-state index in [0.29, 0.717) is 78.0 Å². The van der Waals surface area contributed by atoms with Crippen LogP contribution in [0.5, 0.6) is 0 Å². The average Bonchev–Trinajstić information content (AvgIpc) is 1.56. The van der Waals surface area contributed by atoms with Gasteiger partial charge in [-0.2, -0.15) is 94.7 Å². The molecule has 0 unspecified atom stereocenters. The predicted molar refractivity (Wildman–Crippen MR) is 359 cm³/mol. The molecule has 0 aliphatic carbocycles. The number of hydrogen-bond acceptors (Lipinski definition) is 13. The van der Waals surface area contributed by atoms with Crippen molar-refractivity contribution >= 4 is 43.6 Å². The third-order valence-corrected chi connectivity index (χ3v) is 17.5. The van der Waals surface area contributed by atoms with Crippen molar-refractivity contribution in [3.63, 3.8) is 0 Å². The van der Waals surface area contributed by atoms with Gasteiger partial charge in [0.2, 0.25) is 0 Å². The molecule has 0 aliphatic heterocycles. The first-order valence-electron chi connectivity index (χ1n) is 29.9. The lowest BCUT2D eigenvalue weighted by molar-refractivity contribution is -0.143. The minimum Gasteiger partial charge on any atom is -0.309 e. The highest BCUT2D eigenvalue weighted by molar-refractivity contribution is 6.14. The van der Waals surface area contributed by atoms with Crippen molar-refractivity contribution in [1.29, 1.82) is 68.4 Å². The van der Waals surface area contributed by atoms with Gasteiger partial charge in [0.05, 0.1) is 190 Å². The topological polar surface area (TPSA) is 319 Å². The van der Waals surface area contributed by atoms with Gasteiger partial charge in [-0.3, -0.25) is 0 Å². The van der Waals surface area contributed by atoms with Crippen LogP contribution >= 0.6 is 0 Å². The Balaban J connectivity index is 1.15. The van der Waals surface area contributed by atoms with E-state index in [2.05, 4.69) is 54.6 Å². The van der Waals surface area contributed by atoms with E-state index in [-0.39, 0.29) is 129 Å². The highest BCUT2D eigenvalue weighted by Gasteiger charge is 2.37. The molecule has 13 rings (SSSR count). The van der Waals surface area contributed by atoms with Crippen molar-refractivity contribution in [2.45, 2.75) is 12.4 Å². The number of nitrogens with zero attached hydrogens (tertiary/aromatic N) is 15. The van der Waals surface area contributed by atoms with Crippen molar-refractivity contribution in [2.24, 2.45) is 0 Å². The van der Waals surface area contributed by atoms with Gasteiger partial charge in [0.15, 0.2) is 0 Å². The summed E-state index contributed by atoms with van der Waals surface area (Å²) in [6.07, 6.45) is -10.6. The van der Waals surface area contributed by atoms with Crippen LogP contribution in [-0.2, 0) is 12.4 Å². The molecule has 0 radical (unpaired) electrons. The third kappa shape index (κ3) is 10.7. The molecule has 0 saturated carbocycles. The first-order chi connectivity index (χ1) is 49.2. The lowest BCUT2D eigenvalue weighted by Crippen LogP contribution is -2.11. The molecule has 0 fully saturated rings. The van der Waals surface area contributed by atoms with Gasteiger partial charge in [0.1, 0.15) is 0 Å². The van der Waals surface area contributed by atoms with Gasteiger partial charge in [-0.05, 0) is 179 Å². The molecule has 21 heteroatoms. The molecule has 0 N–H and O–H groups in total. The molecule has 102 heavy (non-hydrogen) atoms. The van der Waals surface area contributed by atoms with Crippen LogP contribution < -0.4 is 0 Å². The summed E-state index contributed by atoms with van der Waals surface area (Å²) < 4.78 is 92.2. The van der Waals surface area contributed by atoms with Gasteiger partial charge in [-0.25, -0.2) is 0 Å². The van der Waals surface area contributed by atoms with Crippen LogP contribution in [0.25, 0.3) is 122 Å². The second-order valence-electron chi connectivity index (χ2n) is 23.1. The lowest BCUT2D eigenvalue weighted by Gasteiger charge is -2.19. The van der Waals surface area contributed by atoms with Crippen LogP contribution in [0.1, 0.15) is 83.5 Å². The Kier molecular flexibility index (Phi) is 15.8. The fourth-order valence-corrected chi connectivity index (χ4v) is 13.2. The molecule has 0 atom stereocenters. The van der Waals surface area contributed by atoms with Crippen LogP contribution in [0, 0.1) is 147 Å². The van der Waals surface area contributed by atoms with Gasteiger partial charge in [0, 0.05) is 60.6 Å². The molecule has 0 amide bonds. The Morgan fingerprint density at radius 2 is 0.529 bits per heavy atom. The highest BCUT2D eigenvalue weighted by Crippen LogP contribution is 2.47. The SMILES string of the molecule is N#Cc1cc(C#N)c(-c2ccc3c(c2)c2cc(-c4c(C#N)cc(C#N)cc4C#N)ccc2n3-c2ccc(C#N)c(-c3cc(-c4cc(C(F)(F)F)cc(C(F)(F)F)c4)ccc3-n3c4ccc(-c5c(C#N)cc(C#N)cc5C#N)cc4c4cc(-c5c(C#N)cc(C#N)cc5C#N)ccc43)c2)c(C#N)c1. The number of aromatic nitrogens is 2. The number of benzene rings is 11. The standard InChI is InChI=1S/C81H29F6N15/c82-80(83,84)62-21-53(22-63(28-62)81(85,86)87)47-2-8-73(102-74-11-5-50(78-58(39-97)17-45(32-90)18-59(78)40-98)26-69(74)70-27-51(6-12-75(70)102)79-60(41-99)19-46(33-91)20-61(79)42-100)66(23-47)65-29-64(7-1-52(65)34-92)101-71-9-3-48(76-54(35-93)13-43(30-88)14-55(76)36-94)24-67(71)68-25-49(4-10-72(68)101)77-56(37-95)15-44(31-89)16-57(77)38-96/h1-29H. The van der Waals surface area contributed by atoms with E-state index in [9.17, 15) is 94.7 Å². The lowest BCUT2D eigenvalue weighted by atomic mass is 9.91. The summed E-state index contributed by atoms with van der Waals surface area (Å²) in [5.41, 5.74) is -0.172. The summed E-state index contributed by atoms with van der Waals surface area (Å²) in [5, 5.41) is 136. The van der Waals surface area contributed by atoms with E-state index in [1.807, 2.05) is 24.3 Å². The number of rotatable bonds is 8. The summed E-state index contributed by atoms with van der Waals surface area (Å²) in [6, 6.07) is 66.9.